The Bertz CT molecular complexity index is 1030. The molecular formula is C22H23N5O3. The number of nitrogens with one attached hydrogen (secondary N) is 1. The van der Waals surface area contributed by atoms with Gasteiger partial charge in [-0.3, -0.25) is 4.79 Å². The zero-order valence-electron chi connectivity index (χ0n) is 17.0. The number of ether oxygens (including phenoxy) is 2. The average Bonchev–Trinajstić information content (AvgIpc) is 2.80. The van der Waals surface area contributed by atoms with Crippen molar-refractivity contribution in [1.29, 1.82) is 0 Å². The molecule has 2 aromatic carbocycles. The zero-order chi connectivity index (χ0) is 20.9. The van der Waals surface area contributed by atoms with Crippen molar-refractivity contribution < 1.29 is 14.3 Å². The van der Waals surface area contributed by atoms with E-state index in [2.05, 4.69) is 37.3 Å². The first-order chi connectivity index (χ1) is 14.6. The van der Waals surface area contributed by atoms with E-state index < -0.39 is 0 Å². The van der Waals surface area contributed by atoms with Crippen molar-refractivity contribution in [2.24, 2.45) is 0 Å². The molecule has 3 aromatic rings. The SMILES string of the molecule is COc1nc(Nc2ccc(N3CCOCC3)cc2)nc(-c2cccc(C(C)=O)c2)n1. The van der Waals surface area contributed by atoms with Crippen LogP contribution in [0.2, 0.25) is 0 Å². The van der Waals surface area contributed by atoms with Crippen molar-refractivity contribution >= 4 is 23.1 Å². The summed E-state index contributed by atoms with van der Waals surface area (Å²) in [7, 11) is 1.51. The number of hydrogen-bond donors (Lipinski definition) is 1. The van der Waals surface area contributed by atoms with Gasteiger partial charge in [-0.2, -0.15) is 15.0 Å². The lowest BCUT2D eigenvalue weighted by Crippen LogP contribution is -2.36. The Balaban J connectivity index is 1.57. The van der Waals surface area contributed by atoms with E-state index in [1.165, 1.54) is 14.0 Å². The van der Waals surface area contributed by atoms with Gasteiger partial charge in [0.15, 0.2) is 11.6 Å². The number of morpholine rings is 1. The number of ketones is 1. The van der Waals surface area contributed by atoms with E-state index in [0.29, 0.717) is 22.9 Å². The summed E-state index contributed by atoms with van der Waals surface area (Å²) in [6.07, 6.45) is 0. The van der Waals surface area contributed by atoms with Crippen molar-refractivity contribution in [3.8, 4) is 17.4 Å². The van der Waals surface area contributed by atoms with E-state index in [0.717, 1.165) is 37.7 Å². The molecule has 2 heterocycles. The molecule has 1 saturated heterocycles. The van der Waals surface area contributed by atoms with Gasteiger partial charge in [0.05, 0.1) is 20.3 Å². The van der Waals surface area contributed by atoms with Gasteiger partial charge in [0.1, 0.15) is 0 Å². The highest BCUT2D eigenvalue weighted by molar-refractivity contribution is 5.95. The van der Waals surface area contributed by atoms with Gasteiger partial charge >= 0.3 is 6.01 Å². The van der Waals surface area contributed by atoms with Crippen LogP contribution in [-0.2, 0) is 4.74 Å². The largest absolute Gasteiger partial charge is 0.467 e. The fourth-order valence-electron chi connectivity index (χ4n) is 3.22. The van der Waals surface area contributed by atoms with Crippen LogP contribution in [0.1, 0.15) is 17.3 Å². The Morgan fingerprint density at radius 1 is 1.07 bits per heavy atom. The number of aromatic nitrogens is 3. The third kappa shape index (κ3) is 4.55. The van der Waals surface area contributed by atoms with E-state index in [1.807, 2.05) is 18.2 Å². The summed E-state index contributed by atoms with van der Waals surface area (Å²) in [5.41, 5.74) is 3.32. The molecule has 154 valence electrons. The lowest BCUT2D eigenvalue weighted by Gasteiger charge is -2.28. The molecule has 0 amide bonds. The molecule has 0 unspecified atom stereocenters. The first-order valence-corrected chi connectivity index (χ1v) is 9.73. The summed E-state index contributed by atoms with van der Waals surface area (Å²) in [6, 6.07) is 15.5. The Labute approximate surface area is 174 Å². The number of carbonyl (C=O) groups excluding carboxylic acids is 1. The third-order valence-electron chi connectivity index (χ3n) is 4.82. The monoisotopic (exact) mass is 405 g/mol. The first kappa shape index (κ1) is 19.8. The first-order valence-electron chi connectivity index (χ1n) is 9.73. The van der Waals surface area contributed by atoms with Crippen molar-refractivity contribution in [3.63, 3.8) is 0 Å². The van der Waals surface area contributed by atoms with Gasteiger partial charge in [-0.05, 0) is 37.3 Å². The van der Waals surface area contributed by atoms with Crippen LogP contribution < -0.4 is 15.0 Å². The topological polar surface area (TPSA) is 89.5 Å². The molecule has 30 heavy (non-hydrogen) atoms. The number of hydrogen-bond acceptors (Lipinski definition) is 8. The number of Topliss-reactive ketones (excluding diaryl/α,β-unsaturated/α-hetero) is 1. The molecule has 0 atom stereocenters. The standard InChI is InChI=1S/C22H23N5O3/c1-15(28)16-4-3-5-17(14-16)20-24-21(26-22(25-20)29-2)23-18-6-8-19(9-7-18)27-10-12-30-13-11-27/h3-9,14H,10-13H2,1-2H3,(H,23,24,25,26). The minimum absolute atomic E-state index is 0.0171. The molecule has 0 spiro atoms. The molecule has 1 aromatic heterocycles. The Hall–Kier alpha value is -3.52. The van der Waals surface area contributed by atoms with E-state index in [4.69, 9.17) is 9.47 Å². The maximum absolute atomic E-state index is 11.7. The fourth-order valence-corrected chi connectivity index (χ4v) is 3.22. The number of nitrogens with zero attached hydrogens (tertiary/aromatic N) is 4. The quantitative estimate of drug-likeness (QED) is 0.625. The second-order valence-electron chi connectivity index (χ2n) is 6.88. The van der Waals surface area contributed by atoms with Gasteiger partial charge < -0.3 is 19.7 Å². The van der Waals surface area contributed by atoms with Crippen LogP contribution in [0.25, 0.3) is 11.4 Å². The minimum atomic E-state index is -0.0171. The average molecular weight is 405 g/mol. The second kappa shape index (κ2) is 8.87. The van der Waals surface area contributed by atoms with Crippen LogP contribution in [0.3, 0.4) is 0 Å². The maximum Gasteiger partial charge on any atom is 0.321 e. The summed E-state index contributed by atoms with van der Waals surface area (Å²) >= 11 is 0. The van der Waals surface area contributed by atoms with E-state index in [1.54, 1.807) is 18.2 Å². The zero-order valence-corrected chi connectivity index (χ0v) is 17.0. The normalized spacial score (nSPS) is 13.7. The van der Waals surface area contributed by atoms with Crippen molar-refractivity contribution in [2.75, 3.05) is 43.6 Å². The predicted molar refractivity (Wildman–Crippen MR) is 115 cm³/mol. The van der Waals surface area contributed by atoms with Crippen LogP contribution in [0.5, 0.6) is 6.01 Å². The number of rotatable bonds is 6. The van der Waals surface area contributed by atoms with Gasteiger partial charge in [-0.1, -0.05) is 18.2 Å². The summed E-state index contributed by atoms with van der Waals surface area (Å²) in [4.78, 5) is 27.1. The lowest BCUT2D eigenvalue weighted by molar-refractivity contribution is 0.101. The highest BCUT2D eigenvalue weighted by atomic mass is 16.5. The van der Waals surface area contributed by atoms with Gasteiger partial charge in [0.2, 0.25) is 5.95 Å². The summed E-state index contributed by atoms with van der Waals surface area (Å²) in [5.74, 6) is 0.776. The third-order valence-corrected chi connectivity index (χ3v) is 4.82. The molecule has 8 nitrogen and oxygen atoms in total. The molecule has 1 N–H and O–H groups in total. The van der Waals surface area contributed by atoms with Crippen LogP contribution in [0.15, 0.2) is 48.5 Å². The van der Waals surface area contributed by atoms with Gasteiger partial charge in [0.25, 0.3) is 0 Å². The summed E-state index contributed by atoms with van der Waals surface area (Å²) in [5, 5.41) is 3.20. The number of anilines is 3. The molecule has 8 heteroatoms. The van der Waals surface area contributed by atoms with E-state index in [-0.39, 0.29) is 11.8 Å². The lowest BCUT2D eigenvalue weighted by atomic mass is 10.1. The molecule has 0 radical (unpaired) electrons. The maximum atomic E-state index is 11.7. The molecule has 1 fully saturated rings. The van der Waals surface area contributed by atoms with Gasteiger partial charge in [0, 0.05) is 35.6 Å². The van der Waals surface area contributed by atoms with Crippen LogP contribution in [0.4, 0.5) is 17.3 Å². The smallest absolute Gasteiger partial charge is 0.321 e. The summed E-state index contributed by atoms with van der Waals surface area (Å²) < 4.78 is 10.7. The highest BCUT2D eigenvalue weighted by Gasteiger charge is 2.13. The molecular weight excluding hydrogens is 382 g/mol. The second-order valence-corrected chi connectivity index (χ2v) is 6.88. The number of methoxy groups -OCH3 is 1. The molecule has 0 bridgehead atoms. The highest BCUT2D eigenvalue weighted by Crippen LogP contribution is 2.24. The van der Waals surface area contributed by atoms with Gasteiger partial charge in [-0.25, -0.2) is 0 Å². The minimum Gasteiger partial charge on any atom is -0.467 e. The van der Waals surface area contributed by atoms with Gasteiger partial charge in [-0.15, -0.1) is 0 Å². The Morgan fingerprint density at radius 2 is 1.83 bits per heavy atom. The molecule has 1 aliphatic heterocycles. The number of benzene rings is 2. The Morgan fingerprint density at radius 3 is 2.53 bits per heavy atom. The van der Waals surface area contributed by atoms with Crippen LogP contribution >= 0.6 is 0 Å². The summed E-state index contributed by atoms with van der Waals surface area (Å²) in [6.45, 7) is 4.80. The van der Waals surface area contributed by atoms with E-state index >= 15 is 0 Å². The van der Waals surface area contributed by atoms with Crippen molar-refractivity contribution in [1.82, 2.24) is 15.0 Å². The molecule has 0 saturated carbocycles. The van der Waals surface area contributed by atoms with Crippen molar-refractivity contribution in [3.05, 3.63) is 54.1 Å². The van der Waals surface area contributed by atoms with E-state index in [9.17, 15) is 4.79 Å². The molecule has 4 rings (SSSR count). The number of carbonyl (C=O) groups is 1. The predicted octanol–water partition coefficient (Wildman–Crippen LogP) is 3.33. The molecule has 0 aliphatic carbocycles. The van der Waals surface area contributed by atoms with Crippen LogP contribution in [-0.4, -0.2) is 54.1 Å². The molecule has 1 aliphatic rings. The fraction of sp³-hybridized carbons (Fsp3) is 0.273. The Kier molecular flexibility index (Phi) is 5.85. The van der Waals surface area contributed by atoms with Crippen molar-refractivity contribution in [2.45, 2.75) is 6.92 Å². The van der Waals surface area contributed by atoms with Crippen LogP contribution in [0, 0.1) is 0 Å².